The van der Waals surface area contributed by atoms with Gasteiger partial charge in [-0.2, -0.15) is 0 Å². The number of sulfone groups is 1. The summed E-state index contributed by atoms with van der Waals surface area (Å²) in [5.41, 5.74) is 0. The number of benzene rings is 1. The van der Waals surface area contributed by atoms with Gasteiger partial charge in [0, 0.05) is 18.6 Å². The van der Waals surface area contributed by atoms with Crippen molar-refractivity contribution in [2.24, 2.45) is 0 Å². The Kier molecular flexibility index (Phi) is 5.34. The van der Waals surface area contributed by atoms with Crippen molar-refractivity contribution in [3.05, 3.63) is 30.1 Å². The van der Waals surface area contributed by atoms with E-state index in [2.05, 4.69) is 4.90 Å². The summed E-state index contributed by atoms with van der Waals surface area (Å²) < 4.78 is 37.4. The molecular weight excluding hydrogens is 333 g/mol. The van der Waals surface area contributed by atoms with E-state index in [4.69, 9.17) is 0 Å². The first kappa shape index (κ1) is 18.9. The number of halogens is 1. The summed E-state index contributed by atoms with van der Waals surface area (Å²) in [7, 11) is -4.12. The lowest BCUT2D eigenvalue weighted by Crippen LogP contribution is -2.59. The topological polar surface area (TPSA) is 74.7 Å². The quantitative estimate of drug-likeness (QED) is 0.820. The summed E-state index contributed by atoms with van der Waals surface area (Å²) in [6.07, 6.45) is 0.736. The predicted octanol–water partition coefficient (Wildman–Crippen LogP) is 2.71. The van der Waals surface area contributed by atoms with Gasteiger partial charge >= 0.3 is 5.97 Å². The highest BCUT2D eigenvalue weighted by molar-refractivity contribution is 7.93. The summed E-state index contributed by atoms with van der Waals surface area (Å²) in [5, 5.41) is 9.81. The molecule has 0 radical (unpaired) electrons. The molecule has 1 aromatic rings. The van der Waals surface area contributed by atoms with Crippen molar-refractivity contribution < 1.29 is 22.7 Å². The van der Waals surface area contributed by atoms with Gasteiger partial charge < -0.3 is 5.11 Å². The molecule has 5 nitrogen and oxygen atoms in total. The number of piperidine rings is 1. The molecular formula is C17H24FNO4S. The molecule has 1 fully saturated rings. The molecule has 1 heterocycles. The SMILES string of the molecule is CCC1CC(C(=O)O)(S(=O)(=O)c2ccc(F)cc2)CCN1C(C)C. The van der Waals surface area contributed by atoms with Crippen LogP contribution in [0.1, 0.15) is 40.0 Å². The van der Waals surface area contributed by atoms with E-state index in [9.17, 15) is 22.7 Å². The minimum absolute atomic E-state index is 0.0245. The number of hydrogen-bond acceptors (Lipinski definition) is 4. The van der Waals surface area contributed by atoms with Crippen LogP contribution in [-0.4, -0.2) is 47.8 Å². The average molecular weight is 357 g/mol. The van der Waals surface area contributed by atoms with Crippen molar-refractivity contribution in [1.29, 1.82) is 0 Å². The van der Waals surface area contributed by atoms with E-state index in [1.54, 1.807) is 0 Å². The van der Waals surface area contributed by atoms with E-state index in [0.29, 0.717) is 13.0 Å². The molecule has 2 unspecified atom stereocenters. The first-order valence-electron chi connectivity index (χ1n) is 8.15. The normalized spacial score (nSPS) is 25.8. The fourth-order valence-corrected chi connectivity index (χ4v) is 5.49. The first-order valence-corrected chi connectivity index (χ1v) is 9.63. The molecule has 1 N–H and O–H groups in total. The van der Waals surface area contributed by atoms with Crippen molar-refractivity contribution in [2.75, 3.05) is 6.54 Å². The molecule has 1 aliphatic heterocycles. The fraction of sp³-hybridized carbons (Fsp3) is 0.588. The number of rotatable bonds is 5. The first-order chi connectivity index (χ1) is 11.2. The van der Waals surface area contributed by atoms with Crippen LogP contribution < -0.4 is 0 Å². The number of carbonyl (C=O) groups is 1. The molecule has 0 amide bonds. The van der Waals surface area contributed by atoms with E-state index in [1.807, 2.05) is 20.8 Å². The third-order valence-corrected chi connectivity index (χ3v) is 7.44. The van der Waals surface area contributed by atoms with Gasteiger partial charge in [-0.25, -0.2) is 12.8 Å². The highest BCUT2D eigenvalue weighted by Gasteiger charge is 2.55. The van der Waals surface area contributed by atoms with Crippen molar-refractivity contribution in [3.63, 3.8) is 0 Å². The molecule has 1 aromatic carbocycles. The monoisotopic (exact) mass is 357 g/mol. The van der Waals surface area contributed by atoms with Crippen LogP contribution >= 0.6 is 0 Å². The Morgan fingerprint density at radius 3 is 2.42 bits per heavy atom. The molecule has 7 heteroatoms. The number of hydrogen-bond donors (Lipinski definition) is 1. The smallest absolute Gasteiger partial charge is 0.325 e. The average Bonchev–Trinajstić information content (AvgIpc) is 2.54. The summed E-state index contributed by atoms with van der Waals surface area (Å²) in [5.74, 6) is -1.88. The molecule has 134 valence electrons. The van der Waals surface area contributed by atoms with Crippen LogP contribution in [0.4, 0.5) is 4.39 Å². The third-order valence-electron chi connectivity index (χ3n) is 4.97. The number of aliphatic carboxylic acids is 1. The number of carboxylic acid groups (broad SMARTS) is 1. The van der Waals surface area contributed by atoms with Crippen LogP contribution in [0.3, 0.4) is 0 Å². The second kappa shape index (κ2) is 6.80. The minimum Gasteiger partial charge on any atom is -0.480 e. The van der Waals surface area contributed by atoms with Crippen molar-refractivity contribution in [2.45, 2.75) is 61.8 Å². The largest absolute Gasteiger partial charge is 0.480 e. The summed E-state index contributed by atoms with van der Waals surface area (Å²) in [6, 6.07) is 4.47. The summed E-state index contributed by atoms with van der Waals surface area (Å²) in [6.45, 7) is 6.38. The Hall–Kier alpha value is -1.47. The van der Waals surface area contributed by atoms with Gasteiger partial charge in [0.05, 0.1) is 4.90 Å². The highest BCUT2D eigenvalue weighted by Crippen LogP contribution is 2.39. The van der Waals surface area contributed by atoms with Gasteiger partial charge in [0.2, 0.25) is 0 Å². The molecule has 2 rings (SSSR count). The maximum absolute atomic E-state index is 13.1. The Bertz CT molecular complexity index is 702. The lowest BCUT2D eigenvalue weighted by Gasteiger charge is -2.45. The van der Waals surface area contributed by atoms with Crippen LogP contribution in [0, 0.1) is 5.82 Å². The van der Waals surface area contributed by atoms with Gasteiger partial charge in [0.25, 0.3) is 0 Å². The molecule has 0 spiro atoms. The summed E-state index contributed by atoms with van der Waals surface area (Å²) in [4.78, 5) is 14.0. The molecule has 0 saturated carbocycles. The second-order valence-corrected chi connectivity index (χ2v) is 8.86. The van der Waals surface area contributed by atoms with Crippen molar-refractivity contribution >= 4 is 15.8 Å². The van der Waals surface area contributed by atoms with Gasteiger partial charge in [-0.3, -0.25) is 9.69 Å². The van der Waals surface area contributed by atoms with Crippen LogP contribution in [0.5, 0.6) is 0 Å². The molecule has 2 atom stereocenters. The van der Waals surface area contributed by atoms with Gasteiger partial charge in [0.15, 0.2) is 14.6 Å². The van der Waals surface area contributed by atoms with Gasteiger partial charge in [-0.15, -0.1) is 0 Å². The van der Waals surface area contributed by atoms with E-state index in [0.717, 1.165) is 24.3 Å². The molecule has 1 saturated heterocycles. The molecule has 0 aliphatic carbocycles. The lowest BCUT2D eigenvalue weighted by atomic mass is 9.87. The van der Waals surface area contributed by atoms with E-state index < -0.39 is 26.4 Å². The zero-order valence-corrected chi connectivity index (χ0v) is 15.0. The van der Waals surface area contributed by atoms with E-state index in [-0.39, 0.29) is 29.8 Å². The van der Waals surface area contributed by atoms with Crippen LogP contribution in [-0.2, 0) is 14.6 Å². The number of carboxylic acids is 1. The zero-order valence-electron chi connectivity index (χ0n) is 14.2. The Balaban J connectivity index is 2.49. The maximum Gasteiger partial charge on any atom is 0.325 e. The van der Waals surface area contributed by atoms with Gasteiger partial charge in [0.1, 0.15) is 5.82 Å². The lowest BCUT2D eigenvalue weighted by molar-refractivity contribution is -0.142. The zero-order chi connectivity index (χ0) is 18.1. The highest BCUT2D eigenvalue weighted by atomic mass is 32.2. The molecule has 0 bridgehead atoms. The molecule has 24 heavy (non-hydrogen) atoms. The minimum atomic E-state index is -4.12. The number of nitrogens with zero attached hydrogens (tertiary/aromatic N) is 1. The fourth-order valence-electron chi connectivity index (χ4n) is 3.54. The number of likely N-dealkylation sites (tertiary alicyclic amines) is 1. The summed E-state index contributed by atoms with van der Waals surface area (Å²) >= 11 is 0. The van der Waals surface area contributed by atoms with Crippen molar-refractivity contribution in [3.8, 4) is 0 Å². The van der Waals surface area contributed by atoms with Gasteiger partial charge in [-0.05, 0) is 57.4 Å². The second-order valence-electron chi connectivity index (χ2n) is 6.60. The molecule has 1 aliphatic rings. The van der Waals surface area contributed by atoms with Gasteiger partial charge in [-0.1, -0.05) is 6.92 Å². The van der Waals surface area contributed by atoms with Crippen LogP contribution in [0.15, 0.2) is 29.2 Å². The van der Waals surface area contributed by atoms with E-state index >= 15 is 0 Å². The maximum atomic E-state index is 13.1. The Labute approximate surface area is 142 Å². The van der Waals surface area contributed by atoms with Crippen molar-refractivity contribution in [1.82, 2.24) is 4.90 Å². The predicted molar refractivity (Wildman–Crippen MR) is 89.1 cm³/mol. The van der Waals surface area contributed by atoms with Crippen LogP contribution in [0.2, 0.25) is 0 Å². The Morgan fingerprint density at radius 2 is 1.96 bits per heavy atom. The van der Waals surface area contributed by atoms with E-state index in [1.165, 1.54) is 0 Å². The standard InChI is InChI=1S/C17H24FNO4S/c1-4-14-11-17(16(20)21,9-10-19(14)12(2)3)24(22,23)15-7-5-13(18)6-8-15/h5-8,12,14H,4,9-11H2,1-3H3,(H,20,21). The van der Waals surface area contributed by atoms with Crippen LogP contribution in [0.25, 0.3) is 0 Å². The Morgan fingerprint density at radius 1 is 1.38 bits per heavy atom. The molecule has 0 aromatic heterocycles. The third kappa shape index (κ3) is 3.07.